The van der Waals surface area contributed by atoms with Crippen LogP contribution < -0.4 is 0 Å². The third kappa shape index (κ3) is 20.3. The average Bonchev–Trinajstić information content (AvgIpc) is 2.68. The number of phosphoric ester groups is 1. The summed E-state index contributed by atoms with van der Waals surface area (Å²) in [6, 6.07) is 0. The first-order valence-corrected chi connectivity index (χ1v) is 12.9. The van der Waals surface area contributed by atoms with Crippen molar-refractivity contribution < 1.29 is 37.9 Å². The van der Waals surface area contributed by atoms with Gasteiger partial charge in [0, 0.05) is 12.8 Å². The number of carbonyl (C=O) groups excluding carboxylic acids is 2. The molecule has 178 valence electrons. The lowest BCUT2D eigenvalue weighted by Crippen LogP contribution is -2.29. The molecule has 0 aromatic carbocycles. The maximum absolute atomic E-state index is 12.0. The summed E-state index contributed by atoms with van der Waals surface area (Å²) in [5, 5.41) is 0. The Hall–Kier alpha value is -0.950. The molecule has 0 rings (SSSR count). The van der Waals surface area contributed by atoms with E-state index in [9.17, 15) is 14.2 Å². The van der Waals surface area contributed by atoms with Crippen molar-refractivity contribution in [2.45, 2.75) is 110 Å². The van der Waals surface area contributed by atoms with Gasteiger partial charge in [0.1, 0.15) is 6.61 Å². The fourth-order valence-corrected chi connectivity index (χ4v) is 3.26. The summed E-state index contributed by atoms with van der Waals surface area (Å²) in [5.74, 6) is -0.911. The van der Waals surface area contributed by atoms with Crippen LogP contribution in [0.3, 0.4) is 0 Å². The third-order valence-electron chi connectivity index (χ3n) is 4.63. The van der Waals surface area contributed by atoms with E-state index >= 15 is 0 Å². The van der Waals surface area contributed by atoms with Gasteiger partial charge in [0.2, 0.25) is 0 Å². The van der Waals surface area contributed by atoms with Crippen LogP contribution in [0.1, 0.15) is 104 Å². The van der Waals surface area contributed by atoms with Crippen LogP contribution in [0.2, 0.25) is 0 Å². The maximum atomic E-state index is 12.0. The van der Waals surface area contributed by atoms with E-state index in [0.29, 0.717) is 12.8 Å². The van der Waals surface area contributed by atoms with Crippen LogP contribution in [-0.2, 0) is 28.2 Å². The first-order valence-electron chi connectivity index (χ1n) is 11.3. The molecule has 0 saturated heterocycles. The molecule has 9 heteroatoms. The maximum Gasteiger partial charge on any atom is 0.469 e. The van der Waals surface area contributed by atoms with E-state index in [4.69, 9.17) is 19.3 Å². The minimum Gasteiger partial charge on any atom is -0.462 e. The molecule has 8 nitrogen and oxygen atoms in total. The number of hydrogen-bond acceptors (Lipinski definition) is 6. The van der Waals surface area contributed by atoms with Crippen LogP contribution in [-0.4, -0.2) is 41.0 Å². The molecular formula is C21H41O8P. The van der Waals surface area contributed by atoms with Crippen molar-refractivity contribution in [2.75, 3.05) is 13.2 Å². The summed E-state index contributed by atoms with van der Waals surface area (Å²) in [5.41, 5.74) is 0. The number of carbonyl (C=O) groups is 2. The molecule has 0 aliphatic rings. The predicted octanol–water partition coefficient (Wildman–Crippen LogP) is 5.05. The molecule has 0 aromatic heterocycles. The average molecular weight is 453 g/mol. The smallest absolute Gasteiger partial charge is 0.462 e. The van der Waals surface area contributed by atoms with Gasteiger partial charge in [0.05, 0.1) is 6.61 Å². The van der Waals surface area contributed by atoms with Crippen molar-refractivity contribution in [2.24, 2.45) is 0 Å². The first-order chi connectivity index (χ1) is 14.3. The summed E-state index contributed by atoms with van der Waals surface area (Å²) >= 11 is 0. The third-order valence-corrected chi connectivity index (χ3v) is 5.11. The molecule has 0 bridgehead atoms. The highest BCUT2D eigenvalue weighted by molar-refractivity contribution is 7.46. The Morgan fingerprint density at radius 1 is 0.733 bits per heavy atom. The number of rotatable bonds is 20. The van der Waals surface area contributed by atoms with Crippen molar-refractivity contribution in [3.05, 3.63) is 0 Å². The zero-order valence-electron chi connectivity index (χ0n) is 18.7. The SMILES string of the molecule is CCCCCCCCCCC(=O)OC(COC(=O)CCCCCC)COP(=O)(O)O. The molecule has 1 atom stereocenters. The van der Waals surface area contributed by atoms with Gasteiger partial charge in [-0.1, -0.05) is 78.1 Å². The van der Waals surface area contributed by atoms with Crippen molar-refractivity contribution in [1.82, 2.24) is 0 Å². The molecule has 1 unspecified atom stereocenters. The largest absolute Gasteiger partial charge is 0.469 e. The summed E-state index contributed by atoms with van der Waals surface area (Å²) in [4.78, 5) is 41.5. The molecule has 0 aromatic rings. The highest BCUT2D eigenvalue weighted by Gasteiger charge is 2.22. The number of esters is 2. The lowest BCUT2D eigenvalue weighted by molar-refractivity contribution is -0.161. The summed E-state index contributed by atoms with van der Waals surface area (Å²) < 4.78 is 25.7. The Bertz CT molecular complexity index is 491. The second kappa shape index (κ2) is 18.8. The van der Waals surface area contributed by atoms with E-state index in [1.807, 2.05) is 0 Å². The zero-order valence-corrected chi connectivity index (χ0v) is 19.6. The highest BCUT2D eigenvalue weighted by atomic mass is 31.2. The molecule has 0 fully saturated rings. The van der Waals surface area contributed by atoms with E-state index in [0.717, 1.165) is 38.5 Å². The second-order valence-electron chi connectivity index (χ2n) is 7.62. The van der Waals surface area contributed by atoms with Crippen LogP contribution in [0.4, 0.5) is 0 Å². The van der Waals surface area contributed by atoms with Crippen molar-refractivity contribution in [3.8, 4) is 0 Å². The normalized spacial score (nSPS) is 12.5. The molecule has 0 saturated carbocycles. The number of ether oxygens (including phenoxy) is 2. The fourth-order valence-electron chi connectivity index (χ4n) is 2.90. The first kappa shape index (κ1) is 29.1. The minimum atomic E-state index is -4.71. The van der Waals surface area contributed by atoms with Crippen molar-refractivity contribution in [3.63, 3.8) is 0 Å². The van der Waals surface area contributed by atoms with E-state index in [1.165, 1.54) is 25.7 Å². The molecule has 0 spiro atoms. The topological polar surface area (TPSA) is 119 Å². The monoisotopic (exact) mass is 452 g/mol. The van der Waals surface area contributed by atoms with E-state index in [2.05, 4.69) is 18.4 Å². The molecule has 30 heavy (non-hydrogen) atoms. The van der Waals surface area contributed by atoms with Gasteiger partial charge >= 0.3 is 19.8 Å². The standard InChI is InChI=1S/C21H41O8P/c1-3-5-7-9-10-11-12-14-16-21(23)29-19(18-28-30(24,25)26)17-27-20(22)15-13-8-6-4-2/h19H,3-18H2,1-2H3,(H2,24,25,26). The number of unbranched alkanes of at least 4 members (excludes halogenated alkanes) is 10. The van der Waals surface area contributed by atoms with Crippen LogP contribution in [0, 0.1) is 0 Å². The van der Waals surface area contributed by atoms with Crippen molar-refractivity contribution in [1.29, 1.82) is 0 Å². The zero-order chi connectivity index (χ0) is 22.7. The highest BCUT2D eigenvalue weighted by Crippen LogP contribution is 2.35. The summed E-state index contributed by atoms with van der Waals surface area (Å²) in [6.45, 7) is 3.44. The van der Waals surface area contributed by atoms with Gasteiger partial charge in [-0.25, -0.2) is 4.57 Å². The van der Waals surface area contributed by atoms with Gasteiger partial charge in [-0.2, -0.15) is 0 Å². The van der Waals surface area contributed by atoms with E-state index in [-0.39, 0.29) is 19.4 Å². The van der Waals surface area contributed by atoms with Crippen molar-refractivity contribution >= 4 is 19.8 Å². The van der Waals surface area contributed by atoms with Gasteiger partial charge in [-0.05, 0) is 12.8 Å². The van der Waals surface area contributed by atoms with Gasteiger partial charge in [0.25, 0.3) is 0 Å². The Balaban J connectivity index is 4.18. The van der Waals surface area contributed by atoms with Crippen LogP contribution >= 0.6 is 7.82 Å². The Morgan fingerprint density at radius 2 is 1.20 bits per heavy atom. The Morgan fingerprint density at radius 3 is 1.73 bits per heavy atom. The molecular weight excluding hydrogens is 411 g/mol. The van der Waals surface area contributed by atoms with E-state index < -0.39 is 32.5 Å². The van der Waals surface area contributed by atoms with E-state index in [1.54, 1.807) is 0 Å². The molecule has 0 amide bonds. The Labute approximate surface area is 181 Å². The molecule has 0 heterocycles. The predicted molar refractivity (Wildman–Crippen MR) is 115 cm³/mol. The number of phosphoric acid groups is 1. The van der Waals surface area contributed by atoms with Crippen LogP contribution in [0.5, 0.6) is 0 Å². The van der Waals surface area contributed by atoms with Crippen LogP contribution in [0.25, 0.3) is 0 Å². The fraction of sp³-hybridized carbons (Fsp3) is 0.905. The van der Waals surface area contributed by atoms with Crippen LogP contribution in [0.15, 0.2) is 0 Å². The molecule has 2 N–H and O–H groups in total. The summed E-state index contributed by atoms with van der Waals surface area (Å²) in [7, 11) is -4.71. The lowest BCUT2D eigenvalue weighted by atomic mass is 10.1. The Kier molecular flexibility index (Phi) is 18.2. The van der Waals surface area contributed by atoms with Gasteiger partial charge in [0.15, 0.2) is 6.10 Å². The van der Waals surface area contributed by atoms with Gasteiger partial charge in [-0.15, -0.1) is 0 Å². The summed E-state index contributed by atoms with van der Waals surface area (Å²) in [6.07, 6.45) is 12.0. The molecule has 0 radical (unpaired) electrons. The minimum absolute atomic E-state index is 0.215. The second-order valence-corrected chi connectivity index (χ2v) is 8.86. The number of hydrogen-bond donors (Lipinski definition) is 2. The molecule has 0 aliphatic heterocycles. The molecule has 0 aliphatic carbocycles. The van der Waals surface area contributed by atoms with Gasteiger partial charge < -0.3 is 19.3 Å². The lowest BCUT2D eigenvalue weighted by Gasteiger charge is -2.18. The quantitative estimate of drug-likeness (QED) is 0.150. The van der Waals surface area contributed by atoms with Gasteiger partial charge in [-0.3, -0.25) is 14.1 Å².